The Kier molecular flexibility index (Phi) is 14.2. The van der Waals surface area contributed by atoms with Crippen LogP contribution in [-0.4, -0.2) is 9.13 Å². The molecule has 0 bridgehead atoms. The number of benzene rings is 16. The third-order valence-corrected chi connectivity index (χ3v) is 21.9. The molecule has 4 nitrogen and oxygen atoms in total. The molecule has 2 heterocycles. The normalized spacial score (nSPS) is 13.1. The first-order valence-electron chi connectivity index (χ1n) is 35.5. The van der Waals surface area contributed by atoms with Crippen molar-refractivity contribution in [3.05, 3.63) is 386 Å². The van der Waals surface area contributed by atoms with Crippen LogP contribution in [0.1, 0.15) is 49.9 Å². The molecule has 16 aromatic carbocycles. The Bertz CT molecular complexity index is 6170. The maximum Gasteiger partial charge on any atom is 0.0541 e. The van der Waals surface area contributed by atoms with Gasteiger partial charge in [-0.1, -0.05) is 246 Å². The zero-order chi connectivity index (χ0) is 68.2. The van der Waals surface area contributed by atoms with Crippen LogP contribution >= 0.6 is 0 Å². The van der Waals surface area contributed by atoms with E-state index in [2.05, 4.69) is 411 Å². The van der Waals surface area contributed by atoms with Gasteiger partial charge in [-0.15, -0.1) is 0 Å². The first-order valence-corrected chi connectivity index (χ1v) is 35.5. The summed E-state index contributed by atoms with van der Waals surface area (Å²) in [6, 6.07) is 133. The Morgan fingerprint density at radius 3 is 0.902 bits per heavy atom. The van der Waals surface area contributed by atoms with Crippen LogP contribution in [0.25, 0.3) is 121 Å². The predicted molar refractivity (Wildman–Crippen MR) is 432 cm³/mol. The van der Waals surface area contributed by atoms with E-state index in [4.69, 9.17) is 0 Å². The first kappa shape index (κ1) is 60.4. The highest BCUT2D eigenvalue weighted by atomic mass is 15.1. The van der Waals surface area contributed by atoms with E-state index in [1.54, 1.807) is 0 Å². The Balaban J connectivity index is 0.000000141. The van der Waals surface area contributed by atoms with Crippen molar-refractivity contribution >= 4 is 99.3 Å². The molecule has 0 aliphatic heterocycles. The van der Waals surface area contributed by atoms with E-state index in [0.29, 0.717) is 0 Å². The summed E-state index contributed by atoms with van der Waals surface area (Å²) >= 11 is 0. The fourth-order valence-electron chi connectivity index (χ4n) is 16.8. The highest BCUT2D eigenvalue weighted by Crippen LogP contribution is 2.54. The van der Waals surface area contributed by atoms with Crippen molar-refractivity contribution in [2.75, 3.05) is 9.80 Å². The van der Waals surface area contributed by atoms with E-state index in [1.165, 1.54) is 132 Å². The van der Waals surface area contributed by atoms with Gasteiger partial charge >= 0.3 is 0 Å². The standard InChI is InChI=1S/2C49H36N2/c1-49(2)45-31-36-13-7-6-12-35(36)30-44(45)41-29-28-40(32-46(41)49)50(37-14-4-3-5-15-37)38-24-20-33(21-25-38)34-22-26-39(27-23-34)51-47-18-10-8-16-42(47)43-17-9-11-19-48(43)51;1-49(2)45-29-28-40(32-44(45)43-30-35-12-6-7-13-36(35)31-46(43)49)50(37-14-4-3-5-15-37)38-24-20-33(21-25-38)34-22-26-39(27-23-34)51-47-18-10-8-16-41(47)42-17-9-11-19-48(42)51/h2*3-32H,1-2H3. The smallest absolute Gasteiger partial charge is 0.0541 e. The average molecular weight is 1310 g/mol. The predicted octanol–water partition coefficient (Wildman–Crippen LogP) is 26.8. The number of aromatic nitrogens is 2. The SMILES string of the molecule is CC1(C)c2cc(N(c3ccccc3)c3ccc(-c4ccc(-n5c6ccccc6c6ccccc65)cc4)cc3)ccc2-c2cc3ccccc3cc21.CC1(C)c2ccc(N(c3ccccc3)c3ccc(-c4ccc(-n5c6ccccc6c6ccccc65)cc4)cc3)cc2-c2cc3ccccc3cc21. The van der Waals surface area contributed by atoms with Crippen molar-refractivity contribution in [2.45, 2.75) is 38.5 Å². The maximum atomic E-state index is 2.41. The van der Waals surface area contributed by atoms with E-state index < -0.39 is 0 Å². The minimum atomic E-state index is -0.109. The molecule has 4 heteroatoms. The van der Waals surface area contributed by atoms with Crippen LogP contribution in [0.3, 0.4) is 0 Å². The van der Waals surface area contributed by atoms with E-state index in [0.717, 1.165) is 45.5 Å². The Morgan fingerprint density at radius 2 is 0.490 bits per heavy atom. The molecule has 20 rings (SSSR count). The van der Waals surface area contributed by atoms with Gasteiger partial charge in [0, 0.05) is 77.9 Å². The van der Waals surface area contributed by atoms with Gasteiger partial charge in [-0.3, -0.25) is 0 Å². The van der Waals surface area contributed by atoms with E-state index in [1.807, 2.05) is 0 Å². The van der Waals surface area contributed by atoms with Crippen molar-refractivity contribution in [2.24, 2.45) is 0 Å². The number of anilines is 6. The van der Waals surface area contributed by atoms with E-state index in [-0.39, 0.29) is 10.8 Å². The summed E-state index contributed by atoms with van der Waals surface area (Å²) in [4.78, 5) is 4.76. The number of rotatable bonds is 10. The largest absolute Gasteiger partial charge is 0.310 e. The number of hydrogen-bond donors (Lipinski definition) is 0. The van der Waals surface area contributed by atoms with Crippen LogP contribution in [0.5, 0.6) is 0 Å². The lowest BCUT2D eigenvalue weighted by molar-refractivity contribution is 0.661. The summed E-state index contributed by atoms with van der Waals surface area (Å²) in [6.45, 7) is 9.44. The van der Waals surface area contributed by atoms with Crippen LogP contribution in [0.2, 0.25) is 0 Å². The average Bonchev–Trinajstić information content (AvgIpc) is 1.58. The highest BCUT2D eigenvalue weighted by Gasteiger charge is 2.38. The zero-order valence-corrected chi connectivity index (χ0v) is 57.4. The molecule has 0 radical (unpaired) electrons. The van der Waals surface area contributed by atoms with E-state index >= 15 is 0 Å². The number of fused-ring (bicyclic) bond motifs is 14. The third kappa shape index (κ3) is 9.96. The third-order valence-electron chi connectivity index (χ3n) is 21.9. The molecular formula is C98H72N4. The Labute approximate surface area is 595 Å². The summed E-state index contributed by atoms with van der Waals surface area (Å²) < 4.78 is 4.74. The quantitative estimate of drug-likeness (QED) is 0.136. The summed E-state index contributed by atoms with van der Waals surface area (Å²) in [5, 5.41) is 10.3. The fraction of sp³-hybridized carbons (Fsp3) is 0.0612. The lowest BCUT2D eigenvalue weighted by atomic mass is 9.81. The number of nitrogens with zero attached hydrogens (tertiary/aromatic N) is 4. The molecule has 0 N–H and O–H groups in total. The molecule has 102 heavy (non-hydrogen) atoms. The number of para-hydroxylation sites is 6. The number of hydrogen-bond acceptors (Lipinski definition) is 2. The van der Waals surface area contributed by atoms with Crippen LogP contribution in [0.15, 0.2) is 364 Å². The molecule has 0 saturated heterocycles. The lowest BCUT2D eigenvalue weighted by Crippen LogP contribution is -2.16. The van der Waals surface area contributed by atoms with Crippen LogP contribution in [0.4, 0.5) is 34.1 Å². The molecule has 2 aromatic heterocycles. The summed E-state index contributed by atoms with van der Waals surface area (Å²) in [5.74, 6) is 0. The lowest BCUT2D eigenvalue weighted by Gasteiger charge is -2.28. The van der Waals surface area contributed by atoms with Crippen molar-refractivity contribution in [3.63, 3.8) is 0 Å². The van der Waals surface area contributed by atoms with Crippen LogP contribution in [-0.2, 0) is 10.8 Å². The van der Waals surface area contributed by atoms with Crippen LogP contribution < -0.4 is 9.80 Å². The van der Waals surface area contributed by atoms with Crippen molar-refractivity contribution < 1.29 is 0 Å². The van der Waals surface area contributed by atoms with Gasteiger partial charge in [0.1, 0.15) is 0 Å². The van der Waals surface area contributed by atoms with E-state index in [9.17, 15) is 0 Å². The first-order chi connectivity index (χ1) is 50.1. The molecule has 2 aliphatic carbocycles. The molecular weight excluding hydrogens is 1230 g/mol. The Hall–Kier alpha value is -12.8. The molecule has 0 atom stereocenters. The summed E-state index contributed by atoms with van der Waals surface area (Å²) in [5.41, 5.74) is 29.6. The molecule has 0 unspecified atom stereocenters. The second-order valence-electron chi connectivity index (χ2n) is 28.5. The molecule has 0 spiro atoms. The van der Waals surface area contributed by atoms with Crippen molar-refractivity contribution in [3.8, 4) is 55.9 Å². The highest BCUT2D eigenvalue weighted by molar-refractivity contribution is 6.10. The monoisotopic (exact) mass is 1300 g/mol. The molecule has 0 saturated carbocycles. The van der Waals surface area contributed by atoms with Gasteiger partial charge in [0.05, 0.1) is 22.1 Å². The molecule has 484 valence electrons. The Morgan fingerprint density at radius 1 is 0.206 bits per heavy atom. The van der Waals surface area contributed by atoms with Gasteiger partial charge in [-0.2, -0.15) is 0 Å². The zero-order valence-electron chi connectivity index (χ0n) is 57.4. The molecule has 0 amide bonds. The molecule has 0 fully saturated rings. The second-order valence-corrected chi connectivity index (χ2v) is 28.5. The fourth-order valence-corrected chi connectivity index (χ4v) is 16.8. The van der Waals surface area contributed by atoms with Gasteiger partial charge in [0.2, 0.25) is 0 Å². The minimum absolute atomic E-state index is 0.0659. The minimum Gasteiger partial charge on any atom is -0.310 e. The van der Waals surface area contributed by atoms with Crippen molar-refractivity contribution in [1.82, 2.24) is 9.13 Å². The molecule has 2 aliphatic rings. The van der Waals surface area contributed by atoms with Gasteiger partial charge in [-0.25, -0.2) is 0 Å². The topological polar surface area (TPSA) is 16.3 Å². The maximum absolute atomic E-state index is 2.41. The molecule has 18 aromatic rings. The van der Waals surface area contributed by atoms with Gasteiger partial charge in [0.25, 0.3) is 0 Å². The van der Waals surface area contributed by atoms with Gasteiger partial charge < -0.3 is 18.9 Å². The van der Waals surface area contributed by atoms with Crippen molar-refractivity contribution in [1.29, 1.82) is 0 Å². The van der Waals surface area contributed by atoms with Crippen LogP contribution in [0, 0.1) is 0 Å². The summed E-state index contributed by atoms with van der Waals surface area (Å²) in [6.07, 6.45) is 0. The summed E-state index contributed by atoms with van der Waals surface area (Å²) in [7, 11) is 0. The van der Waals surface area contributed by atoms with Gasteiger partial charge in [-0.05, 0) is 234 Å². The van der Waals surface area contributed by atoms with Gasteiger partial charge in [0.15, 0.2) is 0 Å². The second kappa shape index (κ2) is 24.0.